The molecule has 1 aliphatic heterocycles. The number of fused-ring (bicyclic) bond motifs is 2. The molecule has 6 nitrogen and oxygen atoms in total. The molecular formula is C25H23N3O3S. The molecule has 1 aliphatic rings. The fraction of sp³-hybridized carbons (Fsp3) is 0.280. The van der Waals surface area contributed by atoms with Crippen LogP contribution in [0.5, 0.6) is 0 Å². The molecule has 5 rings (SSSR count). The number of hydrogen-bond acceptors (Lipinski definition) is 6. The lowest BCUT2D eigenvalue weighted by Gasteiger charge is -2.22. The van der Waals surface area contributed by atoms with Crippen molar-refractivity contribution in [2.75, 3.05) is 4.90 Å². The summed E-state index contributed by atoms with van der Waals surface area (Å²) in [4.78, 5) is 28.7. The molecule has 0 bridgehead atoms. The Bertz CT molecular complexity index is 1370. The Labute approximate surface area is 189 Å². The summed E-state index contributed by atoms with van der Waals surface area (Å²) >= 11 is 1.39. The van der Waals surface area contributed by atoms with E-state index in [1.165, 1.54) is 16.9 Å². The van der Waals surface area contributed by atoms with Gasteiger partial charge < -0.3 is 4.42 Å². The van der Waals surface area contributed by atoms with Gasteiger partial charge in [0.1, 0.15) is 10.6 Å². The first-order chi connectivity index (χ1) is 15.5. The largest absolute Gasteiger partial charge is 0.450 e. The second-order valence-corrected chi connectivity index (χ2v) is 9.46. The maximum absolute atomic E-state index is 13.6. The number of carbonyl (C=O) groups is 1. The Kier molecular flexibility index (Phi) is 5.13. The van der Waals surface area contributed by atoms with Crippen LogP contribution >= 0.6 is 11.3 Å². The normalized spacial score (nSPS) is 15.7. The van der Waals surface area contributed by atoms with Gasteiger partial charge in [-0.15, -0.1) is 10.2 Å². The summed E-state index contributed by atoms with van der Waals surface area (Å²) < 4.78 is 5.98. The van der Waals surface area contributed by atoms with Crippen LogP contribution in [0.4, 0.5) is 5.13 Å². The Morgan fingerprint density at radius 2 is 1.81 bits per heavy atom. The number of carbonyl (C=O) groups excluding carboxylic acids is 1. The van der Waals surface area contributed by atoms with Crippen molar-refractivity contribution in [3.05, 3.63) is 86.2 Å². The van der Waals surface area contributed by atoms with Crippen molar-refractivity contribution in [3.8, 4) is 0 Å². The lowest BCUT2D eigenvalue weighted by Crippen LogP contribution is -2.29. The van der Waals surface area contributed by atoms with Gasteiger partial charge in [0.15, 0.2) is 5.43 Å². The van der Waals surface area contributed by atoms with E-state index in [-0.39, 0.29) is 17.1 Å². The number of amides is 1. The SMILES string of the molecule is CCc1ccc(C2c3c(oc4ccccc4c3=O)C(=O)N2c2nnc(CC(C)C)s2)cc1. The molecule has 4 aromatic rings. The van der Waals surface area contributed by atoms with E-state index < -0.39 is 6.04 Å². The Hall–Kier alpha value is -3.32. The minimum atomic E-state index is -0.607. The molecule has 2 aromatic heterocycles. The summed E-state index contributed by atoms with van der Waals surface area (Å²) in [7, 11) is 0. The Morgan fingerprint density at radius 1 is 1.06 bits per heavy atom. The van der Waals surface area contributed by atoms with E-state index in [4.69, 9.17) is 4.42 Å². The number of hydrogen-bond donors (Lipinski definition) is 0. The van der Waals surface area contributed by atoms with Gasteiger partial charge in [-0.1, -0.05) is 68.5 Å². The third-order valence-corrected chi connectivity index (χ3v) is 6.67. The van der Waals surface area contributed by atoms with Crippen LogP contribution in [-0.4, -0.2) is 16.1 Å². The highest BCUT2D eigenvalue weighted by atomic mass is 32.1. The number of anilines is 1. The summed E-state index contributed by atoms with van der Waals surface area (Å²) in [6.45, 7) is 6.32. The van der Waals surface area contributed by atoms with Gasteiger partial charge in [-0.3, -0.25) is 14.5 Å². The summed E-state index contributed by atoms with van der Waals surface area (Å²) in [5.74, 6) is 0.145. The first kappa shape index (κ1) is 20.6. The second-order valence-electron chi connectivity index (χ2n) is 8.42. The molecule has 0 spiro atoms. The van der Waals surface area contributed by atoms with Crippen LogP contribution in [0.2, 0.25) is 0 Å². The first-order valence-corrected chi connectivity index (χ1v) is 11.6. The fourth-order valence-electron chi connectivity index (χ4n) is 4.14. The second kappa shape index (κ2) is 7.98. The molecule has 1 amide bonds. The molecule has 0 aliphatic carbocycles. The average Bonchev–Trinajstić information content (AvgIpc) is 3.36. The zero-order valence-electron chi connectivity index (χ0n) is 18.2. The van der Waals surface area contributed by atoms with Crippen molar-refractivity contribution in [2.24, 2.45) is 5.92 Å². The van der Waals surface area contributed by atoms with Crippen LogP contribution in [0, 0.1) is 5.92 Å². The number of rotatable bonds is 5. The van der Waals surface area contributed by atoms with E-state index in [1.54, 1.807) is 29.2 Å². The maximum atomic E-state index is 13.6. The van der Waals surface area contributed by atoms with Crippen LogP contribution in [0.25, 0.3) is 11.0 Å². The molecule has 0 fully saturated rings. The van der Waals surface area contributed by atoms with Crippen LogP contribution in [-0.2, 0) is 12.8 Å². The third kappa shape index (κ3) is 3.33. The molecule has 162 valence electrons. The number of aromatic nitrogens is 2. The third-order valence-electron chi connectivity index (χ3n) is 5.73. The van der Waals surface area contributed by atoms with Crippen LogP contribution in [0.15, 0.2) is 57.7 Å². The van der Waals surface area contributed by atoms with Gasteiger partial charge in [0.25, 0.3) is 5.91 Å². The lowest BCUT2D eigenvalue weighted by atomic mass is 9.97. The fourth-order valence-corrected chi connectivity index (χ4v) is 5.22. The predicted molar refractivity (Wildman–Crippen MR) is 125 cm³/mol. The summed E-state index contributed by atoms with van der Waals surface area (Å²) in [6.07, 6.45) is 1.69. The van der Waals surface area contributed by atoms with Crippen LogP contribution in [0.3, 0.4) is 0 Å². The number of nitrogens with zero attached hydrogens (tertiary/aromatic N) is 3. The summed E-state index contributed by atoms with van der Waals surface area (Å²) in [5.41, 5.74) is 2.61. The zero-order chi connectivity index (χ0) is 22.4. The molecule has 32 heavy (non-hydrogen) atoms. The molecule has 7 heteroatoms. The topological polar surface area (TPSA) is 76.3 Å². The molecular weight excluding hydrogens is 422 g/mol. The van der Waals surface area contributed by atoms with Crippen LogP contribution in [0.1, 0.15) is 59.1 Å². The van der Waals surface area contributed by atoms with Gasteiger partial charge in [-0.05, 0) is 35.6 Å². The van der Waals surface area contributed by atoms with Crippen molar-refractivity contribution in [2.45, 2.75) is 39.7 Å². The quantitative estimate of drug-likeness (QED) is 0.424. The van der Waals surface area contributed by atoms with Gasteiger partial charge >= 0.3 is 0 Å². The van der Waals surface area contributed by atoms with E-state index >= 15 is 0 Å². The molecule has 0 radical (unpaired) electrons. The maximum Gasteiger partial charge on any atom is 0.297 e. The lowest BCUT2D eigenvalue weighted by molar-refractivity contribution is 0.0970. The highest BCUT2D eigenvalue weighted by Crippen LogP contribution is 2.42. The van der Waals surface area contributed by atoms with Crippen molar-refractivity contribution >= 4 is 33.3 Å². The smallest absolute Gasteiger partial charge is 0.297 e. The molecule has 1 unspecified atom stereocenters. The molecule has 2 aromatic carbocycles. The minimum Gasteiger partial charge on any atom is -0.450 e. The number of benzene rings is 2. The van der Waals surface area contributed by atoms with Crippen molar-refractivity contribution in [3.63, 3.8) is 0 Å². The van der Waals surface area contributed by atoms with Gasteiger partial charge in [-0.25, -0.2) is 0 Å². The molecule has 1 atom stereocenters. The Morgan fingerprint density at radius 3 is 2.53 bits per heavy atom. The zero-order valence-corrected chi connectivity index (χ0v) is 19.0. The highest BCUT2D eigenvalue weighted by Gasteiger charge is 2.45. The van der Waals surface area contributed by atoms with Gasteiger partial charge in [0.2, 0.25) is 10.9 Å². The molecule has 0 N–H and O–H groups in total. The highest BCUT2D eigenvalue weighted by molar-refractivity contribution is 7.15. The monoisotopic (exact) mass is 445 g/mol. The van der Waals surface area contributed by atoms with E-state index in [9.17, 15) is 9.59 Å². The van der Waals surface area contributed by atoms with Crippen molar-refractivity contribution in [1.82, 2.24) is 10.2 Å². The average molecular weight is 446 g/mol. The van der Waals surface area contributed by atoms with Crippen molar-refractivity contribution < 1.29 is 9.21 Å². The van der Waals surface area contributed by atoms with Crippen LogP contribution < -0.4 is 10.3 Å². The summed E-state index contributed by atoms with van der Waals surface area (Å²) in [5, 5.41) is 10.4. The van der Waals surface area contributed by atoms with E-state index in [2.05, 4.69) is 31.0 Å². The van der Waals surface area contributed by atoms with Gasteiger partial charge in [-0.2, -0.15) is 0 Å². The van der Waals surface area contributed by atoms with Gasteiger partial charge in [0, 0.05) is 6.42 Å². The minimum absolute atomic E-state index is 0.0823. The van der Waals surface area contributed by atoms with E-state index in [0.717, 1.165) is 23.4 Å². The molecule has 0 saturated carbocycles. The standard InChI is InChI=1S/C25H23N3O3S/c1-4-15-9-11-16(12-10-15)21-20-22(29)17-7-5-6-8-18(17)31-23(20)24(30)28(21)25-27-26-19(32-25)13-14(2)3/h5-12,14,21H,4,13H2,1-3H3. The molecule has 0 saturated heterocycles. The summed E-state index contributed by atoms with van der Waals surface area (Å²) in [6, 6.07) is 14.4. The van der Waals surface area contributed by atoms with Gasteiger partial charge in [0.05, 0.1) is 17.0 Å². The predicted octanol–water partition coefficient (Wildman–Crippen LogP) is 5.16. The molecule has 3 heterocycles. The van der Waals surface area contributed by atoms with E-state index in [0.29, 0.717) is 27.6 Å². The number of aryl methyl sites for hydroxylation is 1. The van der Waals surface area contributed by atoms with E-state index in [1.807, 2.05) is 24.3 Å². The van der Waals surface area contributed by atoms with Crippen molar-refractivity contribution in [1.29, 1.82) is 0 Å². The Balaban J connectivity index is 1.72. The number of para-hydroxylation sites is 1. The first-order valence-electron chi connectivity index (χ1n) is 10.8.